The third kappa shape index (κ3) is 5.47. The van der Waals surface area contributed by atoms with Crippen LogP contribution < -0.4 is 16.0 Å². The molecular formula is C12H21N5O. The molecule has 6 nitrogen and oxygen atoms in total. The van der Waals surface area contributed by atoms with Gasteiger partial charge in [-0.2, -0.15) is 0 Å². The summed E-state index contributed by atoms with van der Waals surface area (Å²) in [5, 5.41) is 8.93. The predicted octanol–water partition coefficient (Wildman–Crippen LogP) is 1.23. The molecule has 100 valence electrons. The second-order valence-electron chi connectivity index (χ2n) is 4.29. The van der Waals surface area contributed by atoms with Crippen molar-refractivity contribution in [2.75, 3.05) is 23.7 Å². The molecule has 1 rings (SSSR count). The summed E-state index contributed by atoms with van der Waals surface area (Å²) in [5.41, 5.74) is 0. The molecule has 0 aromatic carbocycles. The summed E-state index contributed by atoms with van der Waals surface area (Å²) in [5.74, 6) is 1.35. The van der Waals surface area contributed by atoms with Crippen LogP contribution in [0.25, 0.3) is 0 Å². The summed E-state index contributed by atoms with van der Waals surface area (Å²) < 4.78 is 0. The quantitative estimate of drug-likeness (QED) is 0.679. The molecule has 1 heterocycles. The molecule has 0 aliphatic carbocycles. The maximum absolute atomic E-state index is 11.5. The van der Waals surface area contributed by atoms with Crippen LogP contribution in [-0.2, 0) is 4.79 Å². The summed E-state index contributed by atoms with van der Waals surface area (Å²) in [6.07, 6.45) is 2.50. The monoisotopic (exact) mass is 251 g/mol. The normalized spacial score (nSPS) is 10.2. The van der Waals surface area contributed by atoms with Gasteiger partial charge in [0.05, 0.1) is 6.54 Å². The maximum atomic E-state index is 11.5. The predicted molar refractivity (Wildman–Crippen MR) is 72.6 cm³/mol. The van der Waals surface area contributed by atoms with Gasteiger partial charge in [0.25, 0.3) is 0 Å². The van der Waals surface area contributed by atoms with Gasteiger partial charge < -0.3 is 16.0 Å². The molecule has 0 spiro atoms. The number of nitrogens with zero attached hydrogens (tertiary/aromatic N) is 2. The van der Waals surface area contributed by atoms with E-state index in [1.54, 1.807) is 6.07 Å². The summed E-state index contributed by atoms with van der Waals surface area (Å²) in [4.78, 5) is 19.6. The Bertz CT molecular complexity index is 380. The van der Waals surface area contributed by atoms with Crippen molar-refractivity contribution in [3.05, 3.63) is 12.4 Å². The van der Waals surface area contributed by atoms with E-state index in [0.29, 0.717) is 5.82 Å². The molecular weight excluding hydrogens is 230 g/mol. The van der Waals surface area contributed by atoms with E-state index in [1.165, 1.54) is 6.33 Å². The van der Waals surface area contributed by atoms with Crippen molar-refractivity contribution in [1.82, 2.24) is 15.3 Å². The Morgan fingerprint density at radius 2 is 1.94 bits per heavy atom. The fourth-order valence-electron chi connectivity index (χ4n) is 1.35. The average Bonchev–Trinajstić information content (AvgIpc) is 2.33. The molecule has 1 aromatic rings. The minimum Gasteiger partial charge on any atom is -0.370 e. The number of hydrogen-bond acceptors (Lipinski definition) is 5. The Hall–Kier alpha value is -1.85. The van der Waals surface area contributed by atoms with E-state index < -0.39 is 0 Å². The van der Waals surface area contributed by atoms with Gasteiger partial charge in [-0.05, 0) is 20.3 Å². The highest BCUT2D eigenvalue weighted by Crippen LogP contribution is 2.07. The van der Waals surface area contributed by atoms with Gasteiger partial charge in [-0.3, -0.25) is 4.79 Å². The van der Waals surface area contributed by atoms with Crippen LogP contribution in [0, 0.1) is 0 Å². The highest BCUT2D eigenvalue weighted by Gasteiger charge is 2.04. The number of carbonyl (C=O) groups excluding carboxylic acids is 1. The summed E-state index contributed by atoms with van der Waals surface area (Å²) in [7, 11) is 0. The van der Waals surface area contributed by atoms with Gasteiger partial charge in [0.2, 0.25) is 5.91 Å². The van der Waals surface area contributed by atoms with Gasteiger partial charge in [0.1, 0.15) is 18.0 Å². The number of aromatic nitrogens is 2. The van der Waals surface area contributed by atoms with Crippen molar-refractivity contribution >= 4 is 17.5 Å². The number of carbonyl (C=O) groups is 1. The molecule has 0 atom stereocenters. The molecule has 6 heteroatoms. The number of anilines is 2. The third-order valence-electron chi connectivity index (χ3n) is 2.10. The van der Waals surface area contributed by atoms with Gasteiger partial charge in [-0.15, -0.1) is 0 Å². The molecule has 0 saturated heterocycles. The minimum absolute atomic E-state index is 0.0494. The van der Waals surface area contributed by atoms with Crippen molar-refractivity contribution in [2.24, 2.45) is 0 Å². The number of hydrogen-bond donors (Lipinski definition) is 3. The Morgan fingerprint density at radius 3 is 2.56 bits per heavy atom. The summed E-state index contributed by atoms with van der Waals surface area (Å²) in [6, 6.07) is 1.93. The summed E-state index contributed by atoms with van der Waals surface area (Å²) >= 11 is 0. The highest BCUT2D eigenvalue weighted by molar-refractivity contribution is 5.80. The molecule has 0 aliphatic rings. The Balaban J connectivity index is 2.44. The van der Waals surface area contributed by atoms with Crippen LogP contribution in [0.2, 0.25) is 0 Å². The van der Waals surface area contributed by atoms with Crippen LogP contribution in [0.5, 0.6) is 0 Å². The van der Waals surface area contributed by atoms with Gasteiger partial charge >= 0.3 is 0 Å². The zero-order valence-electron chi connectivity index (χ0n) is 11.2. The first-order valence-corrected chi connectivity index (χ1v) is 6.21. The lowest BCUT2D eigenvalue weighted by atomic mass is 10.4. The molecule has 0 unspecified atom stereocenters. The molecule has 3 N–H and O–H groups in total. The van der Waals surface area contributed by atoms with Crippen molar-refractivity contribution in [2.45, 2.75) is 33.2 Å². The Morgan fingerprint density at radius 1 is 1.28 bits per heavy atom. The first kappa shape index (κ1) is 14.2. The van der Waals surface area contributed by atoms with E-state index in [1.807, 2.05) is 13.8 Å². The lowest BCUT2D eigenvalue weighted by Crippen LogP contribution is -2.34. The van der Waals surface area contributed by atoms with Crippen LogP contribution in [0.1, 0.15) is 27.2 Å². The lowest BCUT2D eigenvalue weighted by Gasteiger charge is -2.10. The van der Waals surface area contributed by atoms with E-state index in [2.05, 4.69) is 32.8 Å². The third-order valence-corrected chi connectivity index (χ3v) is 2.10. The maximum Gasteiger partial charge on any atom is 0.239 e. The molecule has 0 saturated carbocycles. The van der Waals surface area contributed by atoms with Crippen LogP contribution in [0.4, 0.5) is 11.6 Å². The topological polar surface area (TPSA) is 78.9 Å². The molecule has 0 aliphatic heterocycles. The van der Waals surface area contributed by atoms with E-state index in [0.717, 1.165) is 18.8 Å². The van der Waals surface area contributed by atoms with Crippen LogP contribution in [0.3, 0.4) is 0 Å². The molecule has 1 amide bonds. The summed E-state index contributed by atoms with van der Waals surface area (Å²) in [6.45, 7) is 7.01. The van der Waals surface area contributed by atoms with E-state index in [4.69, 9.17) is 0 Å². The van der Waals surface area contributed by atoms with Crippen molar-refractivity contribution in [1.29, 1.82) is 0 Å². The number of amides is 1. The van der Waals surface area contributed by atoms with Gasteiger partial charge in [0, 0.05) is 18.7 Å². The van der Waals surface area contributed by atoms with Gasteiger partial charge in [-0.1, -0.05) is 6.92 Å². The van der Waals surface area contributed by atoms with Crippen molar-refractivity contribution in [3.63, 3.8) is 0 Å². The molecule has 0 radical (unpaired) electrons. The average molecular weight is 251 g/mol. The largest absolute Gasteiger partial charge is 0.370 e. The molecule has 1 aromatic heterocycles. The van der Waals surface area contributed by atoms with E-state index in [-0.39, 0.29) is 18.5 Å². The van der Waals surface area contributed by atoms with Crippen molar-refractivity contribution < 1.29 is 4.79 Å². The van der Waals surface area contributed by atoms with Gasteiger partial charge in [-0.25, -0.2) is 9.97 Å². The zero-order valence-corrected chi connectivity index (χ0v) is 11.2. The molecule has 18 heavy (non-hydrogen) atoms. The van der Waals surface area contributed by atoms with Crippen molar-refractivity contribution in [3.8, 4) is 0 Å². The SMILES string of the molecule is CCCNc1cc(NCC(=O)NC(C)C)ncn1. The lowest BCUT2D eigenvalue weighted by molar-refractivity contribution is -0.119. The fourth-order valence-corrected chi connectivity index (χ4v) is 1.35. The number of nitrogens with one attached hydrogen (secondary N) is 3. The zero-order chi connectivity index (χ0) is 13.4. The first-order chi connectivity index (χ1) is 8.61. The second-order valence-corrected chi connectivity index (χ2v) is 4.29. The number of rotatable bonds is 7. The van der Waals surface area contributed by atoms with Crippen LogP contribution in [0.15, 0.2) is 12.4 Å². The van der Waals surface area contributed by atoms with Crippen LogP contribution >= 0.6 is 0 Å². The Kier molecular flexibility index (Phi) is 5.90. The van der Waals surface area contributed by atoms with E-state index in [9.17, 15) is 4.79 Å². The minimum atomic E-state index is -0.0494. The fraction of sp³-hybridized carbons (Fsp3) is 0.583. The molecule has 0 bridgehead atoms. The standard InChI is InChI=1S/C12H21N5O/c1-4-5-13-10-6-11(16-8-15-10)14-7-12(18)17-9(2)3/h6,8-9H,4-5,7H2,1-3H3,(H,17,18)(H2,13,14,15,16). The second kappa shape index (κ2) is 7.47. The highest BCUT2D eigenvalue weighted by atomic mass is 16.1. The Labute approximate surface area is 108 Å². The van der Waals surface area contributed by atoms with Crippen LogP contribution in [-0.4, -0.2) is 35.0 Å². The molecule has 0 fully saturated rings. The van der Waals surface area contributed by atoms with Gasteiger partial charge in [0.15, 0.2) is 0 Å². The van der Waals surface area contributed by atoms with E-state index >= 15 is 0 Å². The first-order valence-electron chi connectivity index (χ1n) is 6.21. The smallest absolute Gasteiger partial charge is 0.239 e.